The summed E-state index contributed by atoms with van der Waals surface area (Å²) in [6.07, 6.45) is 1.34. The van der Waals surface area contributed by atoms with E-state index in [4.69, 9.17) is 33.9 Å². The van der Waals surface area contributed by atoms with Crippen LogP contribution >= 0.6 is 23.2 Å². The highest BCUT2D eigenvalue weighted by molar-refractivity contribution is 7.91. The Morgan fingerprint density at radius 3 is 2.57 bits per heavy atom. The normalized spacial score (nSPS) is 22.6. The van der Waals surface area contributed by atoms with Crippen LogP contribution in [-0.4, -0.2) is 54.1 Å². The third kappa shape index (κ3) is 3.80. The van der Waals surface area contributed by atoms with E-state index in [0.29, 0.717) is 64.4 Å². The minimum absolute atomic E-state index is 0.0584. The molecule has 0 radical (unpaired) electrons. The largest absolute Gasteiger partial charge is 0.390 e. The number of piperidine rings is 1. The average Bonchev–Trinajstić information content (AvgIpc) is 2.92. The van der Waals surface area contributed by atoms with Crippen LogP contribution in [0.15, 0.2) is 18.2 Å². The molecule has 2 saturated heterocycles. The van der Waals surface area contributed by atoms with Gasteiger partial charge < -0.3 is 15.7 Å². The van der Waals surface area contributed by atoms with E-state index in [9.17, 15) is 13.5 Å². The fourth-order valence-electron chi connectivity index (χ4n) is 4.58. The van der Waals surface area contributed by atoms with Gasteiger partial charge in [0.2, 0.25) is 0 Å². The molecule has 30 heavy (non-hydrogen) atoms. The highest BCUT2D eigenvalue weighted by atomic mass is 35.5. The fraction of sp³-hybridized carbons (Fsp3) is 0.500. The van der Waals surface area contributed by atoms with Crippen molar-refractivity contribution >= 4 is 38.9 Å². The molecular weight excluding hydrogens is 447 g/mol. The summed E-state index contributed by atoms with van der Waals surface area (Å²) in [7, 11) is -3.08. The van der Waals surface area contributed by atoms with Crippen molar-refractivity contribution in [3.8, 4) is 11.3 Å². The molecule has 1 spiro atoms. The summed E-state index contributed by atoms with van der Waals surface area (Å²) in [6.45, 7) is 2.79. The molecule has 0 bridgehead atoms. The van der Waals surface area contributed by atoms with E-state index in [2.05, 4.69) is 9.88 Å². The van der Waals surface area contributed by atoms with E-state index < -0.39 is 9.84 Å². The molecule has 1 atom stereocenters. The van der Waals surface area contributed by atoms with Crippen LogP contribution in [0.3, 0.4) is 0 Å². The van der Waals surface area contributed by atoms with Crippen LogP contribution in [0.1, 0.15) is 24.2 Å². The van der Waals surface area contributed by atoms with E-state index in [1.54, 1.807) is 12.1 Å². The van der Waals surface area contributed by atoms with Crippen LogP contribution in [-0.2, 0) is 16.4 Å². The molecule has 1 aromatic carbocycles. The minimum Gasteiger partial charge on any atom is -0.390 e. The highest BCUT2D eigenvalue weighted by Crippen LogP contribution is 2.42. The van der Waals surface area contributed by atoms with Crippen molar-refractivity contribution in [2.24, 2.45) is 11.1 Å². The summed E-state index contributed by atoms with van der Waals surface area (Å²) in [5.74, 6) is 0.822. The molecule has 4 rings (SSSR count). The van der Waals surface area contributed by atoms with Crippen LogP contribution in [0, 0.1) is 12.3 Å². The molecule has 3 heterocycles. The molecule has 2 aromatic rings. The zero-order valence-electron chi connectivity index (χ0n) is 16.6. The number of hydrogen-bond donors (Lipinski definition) is 2. The Morgan fingerprint density at radius 1 is 1.27 bits per heavy atom. The summed E-state index contributed by atoms with van der Waals surface area (Å²) in [6, 6.07) is 4.98. The number of aryl methyl sites for hydroxylation is 1. The van der Waals surface area contributed by atoms with Gasteiger partial charge in [0.05, 0.1) is 39.5 Å². The number of aliphatic hydroxyl groups is 1. The zero-order valence-corrected chi connectivity index (χ0v) is 18.9. The first-order chi connectivity index (χ1) is 14.2. The van der Waals surface area contributed by atoms with Gasteiger partial charge in [0, 0.05) is 30.1 Å². The molecule has 0 unspecified atom stereocenters. The van der Waals surface area contributed by atoms with Gasteiger partial charge in [-0.3, -0.25) is 0 Å². The zero-order chi connectivity index (χ0) is 21.7. The van der Waals surface area contributed by atoms with Gasteiger partial charge in [-0.25, -0.2) is 18.4 Å². The third-order valence-corrected chi connectivity index (χ3v) is 8.96. The molecule has 2 aliphatic heterocycles. The molecule has 2 fully saturated rings. The van der Waals surface area contributed by atoms with Gasteiger partial charge in [0.1, 0.15) is 5.69 Å². The van der Waals surface area contributed by atoms with Gasteiger partial charge in [0.25, 0.3) is 0 Å². The number of nitrogens with two attached hydrogens (primary N) is 1. The maximum Gasteiger partial charge on any atom is 0.153 e. The third-order valence-electron chi connectivity index (χ3n) is 6.26. The SMILES string of the molecule is Cc1nc(N2CCC3(CC2)CS(=O)(=O)C[C@H]3N)c(CO)nc1-c1cccc(Cl)c1Cl. The Labute approximate surface area is 186 Å². The standard InChI is InChI=1S/C20H24Cl2N4O3S/c1-12-18(13-3-2-4-14(21)17(13)22)25-15(9-27)19(24-12)26-7-5-20(6-8-26)11-30(28,29)10-16(20)23/h2-4,16,27H,5-11,23H2,1H3/t16-/m1/s1. The lowest BCUT2D eigenvalue weighted by Gasteiger charge is -2.41. The van der Waals surface area contributed by atoms with Crippen molar-refractivity contribution in [1.82, 2.24) is 9.97 Å². The Morgan fingerprint density at radius 2 is 1.97 bits per heavy atom. The predicted octanol–water partition coefficient (Wildman–Crippen LogP) is 2.59. The first-order valence-corrected chi connectivity index (χ1v) is 12.4. The molecule has 7 nitrogen and oxygen atoms in total. The van der Waals surface area contributed by atoms with Gasteiger partial charge >= 0.3 is 0 Å². The number of aliphatic hydroxyl groups excluding tert-OH is 1. The molecule has 0 amide bonds. The molecule has 1 aromatic heterocycles. The Bertz CT molecular complexity index is 1090. The molecular formula is C20H24Cl2N4O3S. The second-order valence-electron chi connectivity index (χ2n) is 8.20. The van der Waals surface area contributed by atoms with E-state index in [1.807, 2.05) is 13.0 Å². The van der Waals surface area contributed by atoms with E-state index >= 15 is 0 Å². The smallest absolute Gasteiger partial charge is 0.153 e. The molecule has 2 aliphatic rings. The number of aromatic nitrogens is 2. The van der Waals surface area contributed by atoms with Crippen molar-refractivity contribution in [2.45, 2.75) is 32.4 Å². The Hall–Kier alpha value is -1.45. The van der Waals surface area contributed by atoms with Crippen molar-refractivity contribution in [2.75, 3.05) is 29.5 Å². The van der Waals surface area contributed by atoms with Gasteiger partial charge in [-0.15, -0.1) is 0 Å². The molecule has 10 heteroatoms. The lowest BCUT2D eigenvalue weighted by Crippen LogP contribution is -2.49. The summed E-state index contributed by atoms with van der Waals surface area (Å²) in [4.78, 5) is 11.4. The Balaban J connectivity index is 1.63. The van der Waals surface area contributed by atoms with Crippen LogP contribution in [0.5, 0.6) is 0 Å². The Kier molecular flexibility index (Phi) is 5.74. The quantitative estimate of drug-likeness (QED) is 0.708. The number of nitrogens with zero attached hydrogens (tertiary/aromatic N) is 3. The second-order valence-corrected chi connectivity index (χ2v) is 11.1. The average molecular weight is 471 g/mol. The summed E-state index contributed by atoms with van der Waals surface area (Å²) in [5, 5.41) is 10.8. The van der Waals surface area contributed by atoms with E-state index in [-0.39, 0.29) is 29.6 Å². The summed E-state index contributed by atoms with van der Waals surface area (Å²) >= 11 is 12.5. The van der Waals surface area contributed by atoms with Gasteiger partial charge in [-0.2, -0.15) is 0 Å². The topological polar surface area (TPSA) is 109 Å². The fourth-order valence-corrected chi connectivity index (χ4v) is 7.36. The van der Waals surface area contributed by atoms with Crippen LogP contribution < -0.4 is 10.6 Å². The number of sulfone groups is 1. The number of hydrogen-bond acceptors (Lipinski definition) is 7. The maximum atomic E-state index is 12.1. The summed E-state index contributed by atoms with van der Waals surface area (Å²) in [5.41, 5.74) is 8.20. The van der Waals surface area contributed by atoms with Crippen molar-refractivity contribution in [3.63, 3.8) is 0 Å². The second kappa shape index (κ2) is 7.91. The van der Waals surface area contributed by atoms with Gasteiger partial charge in [0.15, 0.2) is 15.7 Å². The number of halogens is 2. The molecule has 0 saturated carbocycles. The van der Waals surface area contributed by atoms with Crippen LogP contribution in [0.25, 0.3) is 11.3 Å². The van der Waals surface area contributed by atoms with Gasteiger partial charge in [-0.05, 0) is 25.8 Å². The van der Waals surface area contributed by atoms with Crippen LogP contribution in [0.4, 0.5) is 5.82 Å². The lowest BCUT2D eigenvalue weighted by atomic mass is 9.75. The molecule has 162 valence electrons. The first-order valence-electron chi connectivity index (χ1n) is 9.79. The summed E-state index contributed by atoms with van der Waals surface area (Å²) < 4.78 is 24.1. The lowest BCUT2D eigenvalue weighted by molar-refractivity contribution is 0.223. The highest BCUT2D eigenvalue weighted by Gasteiger charge is 2.50. The minimum atomic E-state index is -3.08. The van der Waals surface area contributed by atoms with Gasteiger partial charge in [-0.1, -0.05) is 35.3 Å². The predicted molar refractivity (Wildman–Crippen MR) is 119 cm³/mol. The number of benzene rings is 1. The number of anilines is 1. The first kappa shape index (κ1) is 21.8. The monoisotopic (exact) mass is 470 g/mol. The maximum absolute atomic E-state index is 12.1. The van der Waals surface area contributed by atoms with E-state index in [1.165, 1.54) is 0 Å². The van der Waals surface area contributed by atoms with Crippen molar-refractivity contribution in [1.29, 1.82) is 0 Å². The molecule has 0 aliphatic carbocycles. The van der Waals surface area contributed by atoms with Crippen LogP contribution in [0.2, 0.25) is 10.0 Å². The number of rotatable bonds is 3. The van der Waals surface area contributed by atoms with Crippen molar-refractivity contribution in [3.05, 3.63) is 39.6 Å². The van der Waals surface area contributed by atoms with E-state index in [0.717, 1.165) is 0 Å². The molecule has 3 N–H and O–H groups in total. The van der Waals surface area contributed by atoms with Crippen molar-refractivity contribution < 1.29 is 13.5 Å².